The van der Waals surface area contributed by atoms with Crippen LogP contribution in [0, 0.1) is 6.92 Å². The molecule has 2 heterocycles. The maximum atomic E-state index is 6.00. The van der Waals surface area contributed by atoms with Crippen LogP contribution in [0.3, 0.4) is 0 Å². The molecule has 3 N–H and O–H groups in total. The standard InChI is InChI=1S/C12H17ClN6O/c1-7-9(6-19(18-7)12(2,3)14)16-11-15-5-8(13)10(17-11)20-4/h5-6H,14H2,1-4H3,(H,15,16,17). The molecule has 0 bridgehead atoms. The molecule has 0 amide bonds. The molecule has 0 saturated carbocycles. The number of nitrogens with one attached hydrogen (secondary N) is 1. The minimum absolute atomic E-state index is 0.313. The SMILES string of the molecule is COc1nc(Nc2cn(C(C)(C)N)nc2C)ncc1Cl. The van der Waals surface area contributed by atoms with E-state index in [1.54, 1.807) is 10.9 Å². The molecule has 7 nitrogen and oxygen atoms in total. The molecule has 0 spiro atoms. The Morgan fingerprint density at radius 2 is 2.15 bits per heavy atom. The van der Waals surface area contributed by atoms with Crippen molar-refractivity contribution in [3.05, 3.63) is 23.1 Å². The van der Waals surface area contributed by atoms with Crippen LogP contribution in [0.5, 0.6) is 5.88 Å². The van der Waals surface area contributed by atoms with Gasteiger partial charge in [-0.05, 0) is 20.8 Å². The number of aryl methyl sites for hydroxylation is 1. The molecule has 8 heteroatoms. The molecule has 0 fully saturated rings. The summed E-state index contributed by atoms with van der Waals surface area (Å²) < 4.78 is 6.73. The van der Waals surface area contributed by atoms with Gasteiger partial charge in [-0.1, -0.05) is 11.6 Å². The molecule has 0 aliphatic carbocycles. The van der Waals surface area contributed by atoms with Crippen LogP contribution in [-0.4, -0.2) is 26.9 Å². The highest BCUT2D eigenvalue weighted by molar-refractivity contribution is 6.31. The molecule has 108 valence electrons. The number of aromatic nitrogens is 4. The van der Waals surface area contributed by atoms with E-state index in [1.807, 2.05) is 20.8 Å². The normalized spacial score (nSPS) is 11.5. The third-order valence-corrected chi connectivity index (χ3v) is 2.90. The molecule has 2 rings (SSSR count). The zero-order valence-corrected chi connectivity index (χ0v) is 12.6. The number of rotatable bonds is 4. The highest BCUT2D eigenvalue weighted by atomic mass is 35.5. The maximum absolute atomic E-state index is 6.00. The minimum Gasteiger partial charge on any atom is -0.480 e. The second-order valence-electron chi connectivity index (χ2n) is 4.90. The number of anilines is 2. The van der Waals surface area contributed by atoms with Crippen LogP contribution in [0.1, 0.15) is 19.5 Å². The van der Waals surface area contributed by atoms with E-state index in [-0.39, 0.29) is 0 Å². The van der Waals surface area contributed by atoms with Gasteiger partial charge in [0.25, 0.3) is 0 Å². The van der Waals surface area contributed by atoms with Crippen LogP contribution in [0.25, 0.3) is 0 Å². The molecule has 0 unspecified atom stereocenters. The van der Waals surface area contributed by atoms with E-state index in [4.69, 9.17) is 22.1 Å². The Bertz CT molecular complexity index is 619. The van der Waals surface area contributed by atoms with Crippen LogP contribution in [0.2, 0.25) is 5.02 Å². The summed E-state index contributed by atoms with van der Waals surface area (Å²) in [5.74, 6) is 0.692. The van der Waals surface area contributed by atoms with E-state index >= 15 is 0 Å². The van der Waals surface area contributed by atoms with Gasteiger partial charge in [0.15, 0.2) is 0 Å². The Balaban J connectivity index is 2.28. The number of nitrogens with zero attached hydrogens (tertiary/aromatic N) is 4. The third-order valence-electron chi connectivity index (χ3n) is 2.64. The smallest absolute Gasteiger partial charge is 0.237 e. The molecular weight excluding hydrogens is 280 g/mol. The van der Waals surface area contributed by atoms with Gasteiger partial charge in [0.05, 0.1) is 30.9 Å². The summed E-state index contributed by atoms with van der Waals surface area (Å²) in [6, 6.07) is 0. The average molecular weight is 297 g/mol. The Hall–Kier alpha value is -1.86. The summed E-state index contributed by atoms with van der Waals surface area (Å²) in [6.07, 6.45) is 3.28. The van der Waals surface area contributed by atoms with Crippen LogP contribution in [0.15, 0.2) is 12.4 Å². The molecule has 0 aliphatic heterocycles. The first kappa shape index (κ1) is 14.5. The lowest BCUT2D eigenvalue weighted by Gasteiger charge is -2.18. The molecule has 0 aliphatic rings. The van der Waals surface area contributed by atoms with Crippen molar-refractivity contribution in [2.24, 2.45) is 5.73 Å². The highest BCUT2D eigenvalue weighted by Crippen LogP contribution is 2.24. The molecule has 0 aromatic carbocycles. The maximum Gasteiger partial charge on any atom is 0.237 e. The molecule has 2 aromatic rings. The van der Waals surface area contributed by atoms with Gasteiger partial charge in [-0.2, -0.15) is 10.1 Å². The second kappa shape index (κ2) is 5.26. The van der Waals surface area contributed by atoms with Gasteiger partial charge in [0, 0.05) is 0 Å². The summed E-state index contributed by atoms with van der Waals surface area (Å²) in [4.78, 5) is 8.25. The summed E-state index contributed by atoms with van der Waals surface area (Å²) in [5.41, 5.74) is 6.99. The Morgan fingerprint density at radius 1 is 1.45 bits per heavy atom. The molecule has 2 aromatic heterocycles. The van der Waals surface area contributed by atoms with Gasteiger partial charge in [-0.3, -0.25) is 4.68 Å². The van der Waals surface area contributed by atoms with Crippen LogP contribution in [0.4, 0.5) is 11.6 Å². The summed E-state index contributed by atoms with van der Waals surface area (Å²) in [6.45, 7) is 5.60. The van der Waals surface area contributed by atoms with Crippen molar-refractivity contribution in [1.82, 2.24) is 19.7 Å². The monoisotopic (exact) mass is 296 g/mol. The number of ether oxygens (including phenoxy) is 1. The van der Waals surface area contributed by atoms with E-state index in [1.165, 1.54) is 13.3 Å². The lowest BCUT2D eigenvalue weighted by molar-refractivity contribution is 0.331. The summed E-state index contributed by atoms with van der Waals surface area (Å²) in [5, 5.41) is 7.78. The van der Waals surface area contributed by atoms with Crippen LogP contribution < -0.4 is 15.8 Å². The summed E-state index contributed by atoms with van der Waals surface area (Å²) >= 11 is 5.88. The lowest BCUT2D eigenvalue weighted by atomic mass is 10.3. The fraction of sp³-hybridized carbons (Fsp3) is 0.417. The highest BCUT2D eigenvalue weighted by Gasteiger charge is 2.17. The van der Waals surface area contributed by atoms with Gasteiger partial charge in [0.1, 0.15) is 10.7 Å². The van der Waals surface area contributed by atoms with Crippen molar-refractivity contribution >= 4 is 23.2 Å². The molecular formula is C12H17ClN6O. The molecule has 0 atom stereocenters. The van der Waals surface area contributed by atoms with Crippen molar-refractivity contribution in [2.75, 3.05) is 12.4 Å². The second-order valence-corrected chi connectivity index (χ2v) is 5.31. The molecule has 0 radical (unpaired) electrons. The van der Waals surface area contributed by atoms with E-state index in [2.05, 4.69) is 20.4 Å². The summed E-state index contributed by atoms with van der Waals surface area (Å²) in [7, 11) is 1.50. The number of halogens is 1. The van der Waals surface area contributed by atoms with Gasteiger partial charge < -0.3 is 15.8 Å². The van der Waals surface area contributed by atoms with Crippen molar-refractivity contribution in [3.63, 3.8) is 0 Å². The first-order valence-corrected chi connectivity index (χ1v) is 6.38. The average Bonchev–Trinajstić information content (AvgIpc) is 2.73. The Labute approximate surface area is 122 Å². The van der Waals surface area contributed by atoms with Crippen molar-refractivity contribution in [1.29, 1.82) is 0 Å². The van der Waals surface area contributed by atoms with Crippen LogP contribution in [-0.2, 0) is 5.66 Å². The van der Waals surface area contributed by atoms with E-state index in [9.17, 15) is 0 Å². The molecule has 20 heavy (non-hydrogen) atoms. The van der Waals surface area contributed by atoms with Crippen molar-refractivity contribution in [3.8, 4) is 5.88 Å². The number of nitrogens with two attached hydrogens (primary N) is 1. The third kappa shape index (κ3) is 3.00. The fourth-order valence-electron chi connectivity index (χ4n) is 1.55. The topological polar surface area (TPSA) is 90.9 Å². The Morgan fingerprint density at radius 3 is 2.70 bits per heavy atom. The van der Waals surface area contributed by atoms with Crippen LogP contribution >= 0.6 is 11.6 Å². The number of hydrogen-bond donors (Lipinski definition) is 2. The zero-order chi connectivity index (χ0) is 14.9. The van der Waals surface area contributed by atoms with E-state index in [0.717, 1.165) is 11.4 Å². The first-order valence-electron chi connectivity index (χ1n) is 6.00. The fourth-order valence-corrected chi connectivity index (χ4v) is 1.72. The number of hydrogen-bond acceptors (Lipinski definition) is 6. The zero-order valence-electron chi connectivity index (χ0n) is 11.8. The van der Waals surface area contributed by atoms with Gasteiger partial charge >= 0.3 is 0 Å². The van der Waals surface area contributed by atoms with Gasteiger partial charge in [0.2, 0.25) is 11.8 Å². The van der Waals surface area contributed by atoms with E-state index < -0.39 is 5.66 Å². The first-order chi connectivity index (χ1) is 9.31. The van der Waals surface area contributed by atoms with E-state index in [0.29, 0.717) is 16.9 Å². The predicted octanol–water partition coefficient (Wildman–Crippen LogP) is 2.04. The van der Waals surface area contributed by atoms with Crippen molar-refractivity contribution < 1.29 is 4.74 Å². The van der Waals surface area contributed by atoms with Gasteiger partial charge in [-0.25, -0.2) is 4.98 Å². The minimum atomic E-state index is -0.580. The van der Waals surface area contributed by atoms with Crippen molar-refractivity contribution in [2.45, 2.75) is 26.4 Å². The number of methoxy groups -OCH3 is 1. The predicted molar refractivity (Wildman–Crippen MR) is 77.4 cm³/mol. The molecule has 0 saturated heterocycles. The Kier molecular flexibility index (Phi) is 3.82. The lowest BCUT2D eigenvalue weighted by Crippen LogP contribution is -2.36. The van der Waals surface area contributed by atoms with Gasteiger partial charge in [-0.15, -0.1) is 0 Å². The quantitative estimate of drug-likeness (QED) is 0.897. The largest absolute Gasteiger partial charge is 0.480 e.